The Balaban J connectivity index is 2.39. The Labute approximate surface area is 315 Å². The van der Waals surface area contributed by atoms with Crippen LogP contribution in [0.4, 0.5) is 0 Å². The van der Waals surface area contributed by atoms with Crippen molar-refractivity contribution in [2.45, 2.75) is 205 Å². The molecule has 1 aliphatic heterocycles. The molecular formula is C42H74O10. The van der Waals surface area contributed by atoms with Crippen LogP contribution in [0, 0.1) is 0 Å². The molecule has 0 aromatic heterocycles. The van der Waals surface area contributed by atoms with Gasteiger partial charge in [-0.1, -0.05) is 103 Å². The summed E-state index contributed by atoms with van der Waals surface area (Å²) in [5.41, 5.74) is 3.29. The molecule has 1 heterocycles. The Morgan fingerprint density at radius 2 is 1.13 bits per heavy atom. The van der Waals surface area contributed by atoms with E-state index in [-0.39, 0.29) is 26.1 Å². The van der Waals surface area contributed by atoms with E-state index < -0.39 is 55.4 Å². The molecule has 0 amide bonds. The predicted octanol–water partition coefficient (Wildman–Crippen LogP) is 7.93. The van der Waals surface area contributed by atoms with Gasteiger partial charge in [-0.25, -0.2) is 0 Å². The normalized spacial score (nSPS) is 20.8. The molecule has 1 fully saturated rings. The molecule has 302 valence electrons. The number of ether oxygens (including phenoxy) is 4. The molecule has 1 aliphatic rings. The maximum atomic E-state index is 12.7. The van der Waals surface area contributed by atoms with Crippen molar-refractivity contribution in [2.75, 3.05) is 19.8 Å². The van der Waals surface area contributed by atoms with Crippen molar-refractivity contribution in [1.82, 2.24) is 0 Å². The zero-order valence-corrected chi connectivity index (χ0v) is 32.6. The third-order valence-electron chi connectivity index (χ3n) is 9.33. The molecule has 0 bridgehead atoms. The van der Waals surface area contributed by atoms with Gasteiger partial charge in [-0.2, -0.15) is 0 Å². The van der Waals surface area contributed by atoms with Crippen LogP contribution in [0.15, 0.2) is 30.0 Å². The SMILES string of the molecule is CCCCC/C=C/CCCCCCCC(=O)O[C@@H](COC(=O)CCCCCCCC=C=CCCCCCCC)CO[C@H]1O[C@@H](CO)[C@@H](O)C(O)C1O. The largest absolute Gasteiger partial charge is 0.462 e. The van der Waals surface area contributed by atoms with Gasteiger partial charge in [0.1, 0.15) is 31.0 Å². The lowest BCUT2D eigenvalue weighted by Crippen LogP contribution is -2.59. The fraction of sp³-hybridized carbons (Fsp3) is 0.833. The van der Waals surface area contributed by atoms with Gasteiger partial charge in [-0.15, -0.1) is 5.73 Å². The van der Waals surface area contributed by atoms with Gasteiger partial charge in [0.2, 0.25) is 0 Å². The molecule has 52 heavy (non-hydrogen) atoms. The Hall–Kier alpha value is -2.04. The first kappa shape index (κ1) is 48.0. The maximum Gasteiger partial charge on any atom is 0.306 e. The minimum atomic E-state index is -1.60. The summed E-state index contributed by atoms with van der Waals surface area (Å²) >= 11 is 0. The zero-order valence-electron chi connectivity index (χ0n) is 32.6. The van der Waals surface area contributed by atoms with Crippen molar-refractivity contribution in [3.05, 3.63) is 30.0 Å². The van der Waals surface area contributed by atoms with Gasteiger partial charge in [0.05, 0.1) is 13.2 Å². The number of carbonyl (C=O) groups is 2. The van der Waals surface area contributed by atoms with E-state index in [9.17, 15) is 30.0 Å². The van der Waals surface area contributed by atoms with Crippen molar-refractivity contribution < 1.29 is 49.0 Å². The molecule has 0 aromatic carbocycles. The first-order valence-corrected chi connectivity index (χ1v) is 20.7. The molecule has 6 atom stereocenters. The number of aliphatic hydroxyl groups is 4. The van der Waals surface area contributed by atoms with Crippen LogP contribution < -0.4 is 0 Å². The summed E-state index contributed by atoms with van der Waals surface area (Å²) in [7, 11) is 0. The van der Waals surface area contributed by atoms with Crippen LogP contribution in [0.1, 0.15) is 168 Å². The molecule has 2 unspecified atom stereocenters. The Morgan fingerprint density at radius 3 is 1.73 bits per heavy atom. The van der Waals surface area contributed by atoms with Crippen molar-refractivity contribution >= 4 is 11.9 Å². The number of hydrogen-bond donors (Lipinski definition) is 4. The van der Waals surface area contributed by atoms with Crippen LogP contribution in [0.5, 0.6) is 0 Å². The highest BCUT2D eigenvalue weighted by Crippen LogP contribution is 2.22. The van der Waals surface area contributed by atoms with Gasteiger partial charge in [0.25, 0.3) is 0 Å². The fourth-order valence-corrected chi connectivity index (χ4v) is 5.98. The Kier molecular flexibility index (Phi) is 30.9. The van der Waals surface area contributed by atoms with Crippen molar-refractivity contribution in [3.63, 3.8) is 0 Å². The Bertz CT molecular complexity index is 960. The molecule has 0 radical (unpaired) electrons. The molecule has 0 aromatic rings. The first-order chi connectivity index (χ1) is 25.3. The highest BCUT2D eigenvalue weighted by Gasteiger charge is 2.44. The Morgan fingerprint density at radius 1 is 0.635 bits per heavy atom. The summed E-state index contributed by atoms with van der Waals surface area (Å²) in [6, 6.07) is 0. The third kappa shape index (κ3) is 25.1. The smallest absolute Gasteiger partial charge is 0.306 e. The van der Waals surface area contributed by atoms with Crippen LogP contribution in [-0.2, 0) is 28.5 Å². The number of rotatable bonds is 33. The van der Waals surface area contributed by atoms with Gasteiger partial charge in [0, 0.05) is 12.8 Å². The quantitative estimate of drug-likeness (QED) is 0.0226. The number of esters is 2. The van der Waals surface area contributed by atoms with Gasteiger partial charge < -0.3 is 39.4 Å². The molecule has 0 spiro atoms. The predicted molar refractivity (Wildman–Crippen MR) is 205 cm³/mol. The van der Waals surface area contributed by atoms with Gasteiger partial charge in [0.15, 0.2) is 12.4 Å². The summed E-state index contributed by atoms with van der Waals surface area (Å²) in [5, 5.41) is 39.9. The summed E-state index contributed by atoms with van der Waals surface area (Å²) in [6.45, 7) is 3.34. The molecule has 10 nitrogen and oxygen atoms in total. The second-order valence-electron chi connectivity index (χ2n) is 14.2. The fourth-order valence-electron chi connectivity index (χ4n) is 5.98. The van der Waals surface area contributed by atoms with Crippen LogP contribution in [-0.4, -0.2) is 89.0 Å². The molecule has 0 saturated carbocycles. The summed E-state index contributed by atoms with van der Waals surface area (Å²) < 4.78 is 22.1. The summed E-state index contributed by atoms with van der Waals surface area (Å²) in [5.74, 6) is -0.839. The lowest BCUT2D eigenvalue weighted by molar-refractivity contribution is -0.305. The van der Waals surface area contributed by atoms with E-state index in [4.69, 9.17) is 18.9 Å². The minimum Gasteiger partial charge on any atom is -0.462 e. The van der Waals surface area contributed by atoms with Crippen LogP contribution >= 0.6 is 0 Å². The van der Waals surface area contributed by atoms with E-state index in [1.807, 2.05) is 0 Å². The van der Waals surface area contributed by atoms with E-state index >= 15 is 0 Å². The second kappa shape index (κ2) is 33.5. The number of aliphatic hydroxyl groups excluding tert-OH is 4. The molecule has 4 N–H and O–H groups in total. The number of hydrogen-bond acceptors (Lipinski definition) is 10. The number of allylic oxidation sites excluding steroid dienone is 3. The molecule has 10 heteroatoms. The van der Waals surface area contributed by atoms with E-state index in [0.717, 1.165) is 77.0 Å². The zero-order chi connectivity index (χ0) is 38.1. The van der Waals surface area contributed by atoms with Crippen molar-refractivity contribution in [3.8, 4) is 0 Å². The average Bonchev–Trinajstić information content (AvgIpc) is 3.14. The molecule has 0 aliphatic carbocycles. The maximum absolute atomic E-state index is 12.7. The van der Waals surface area contributed by atoms with Crippen LogP contribution in [0.3, 0.4) is 0 Å². The summed E-state index contributed by atoms with van der Waals surface area (Å²) in [6.07, 6.45) is 25.3. The van der Waals surface area contributed by atoms with E-state index in [1.165, 1.54) is 51.4 Å². The second-order valence-corrected chi connectivity index (χ2v) is 14.2. The monoisotopic (exact) mass is 739 g/mol. The van der Waals surface area contributed by atoms with Crippen LogP contribution in [0.2, 0.25) is 0 Å². The number of unbranched alkanes of at least 4 members (excludes halogenated alkanes) is 18. The molecular weight excluding hydrogens is 664 g/mol. The van der Waals surface area contributed by atoms with E-state index in [0.29, 0.717) is 12.8 Å². The van der Waals surface area contributed by atoms with Crippen molar-refractivity contribution in [2.24, 2.45) is 0 Å². The highest BCUT2D eigenvalue weighted by molar-refractivity contribution is 5.70. The molecule has 1 rings (SSSR count). The standard InChI is InChI=1S/C42H74O10/c1-3-5-7-9-11-13-15-17-18-19-21-22-24-26-28-30-37(44)49-33-35(34-50-42-41(48)40(47)39(46)36(32-43)52-42)51-38(45)31-29-27-25-23-20-16-14-12-10-8-6-4-2/h12,14-15,18,35-36,39-43,46-48H,3-11,13,16,19-34H2,1-2H3/b14-12+/t17?,35-,36-,39+,40?,41?,42-/m0/s1. The third-order valence-corrected chi connectivity index (χ3v) is 9.33. The van der Waals surface area contributed by atoms with Gasteiger partial charge in [-0.05, 0) is 76.4 Å². The van der Waals surface area contributed by atoms with E-state index in [2.05, 4.69) is 43.9 Å². The van der Waals surface area contributed by atoms with E-state index in [1.54, 1.807) is 0 Å². The average molecular weight is 739 g/mol. The highest BCUT2D eigenvalue weighted by atomic mass is 16.7. The lowest BCUT2D eigenvalue weighted by Gasteiger charge is -2.39. The number of carbonyl (C=O) groups excluding carboxylic acids is 2. The lowest BCUT2D eigenvalue weighted by atomic mass is 9.99. The van der Waals surface area contributed by atoms with Crippen LogP contribution in [0.25, 0.3) is 0 Å². The van der Waals surface area contributed by atoms with Crippen molar-refractivity contribution in [1.29, 1.82) is 0 Å². The first-order valence-electron chi connectivity index (χ1n) is 20.7. The van der Waals surface area contributed by atoms with Gasteiger partial charge >= 0.3 is 11.9 Å². The minimum absolute atomic E-state index is 0.215. The topological polar surface area (TPSA) is 152 Å². The summed E-state index contributed by atoms with van der Waals surface area (Å²) in [4.78, 5) is 25.2. The molecule has 1 saturated heterocycles. The van der Waals surface area contributed by atoms with Gasteiger partial charge in [-0.3, -0.25) is 9.59 Å².